The Hall–Kier alpha value is -4.57. The van der Waals surface area contributed by atoms with E-state index in [0.29, 0.717) is 29.8 Å². The molecule has 3 aromatic heterocycles. The van der Waals surface area contributed by atoms with Gasteiger partial charge in [0.1, 0.15) is 11.9 Å². The first-order chi connectivity index (χ1) is 18.9. The van der Waals surface area contributed by atoms with Gasteiger partial charge in [0.2, 0.25) is 5.95 Å². The first kappa shape index (κ1) is 24.7. The van der Waals surface area contributed by atoms with Gasteiger partial charge in [-0.3, -0.25) is 14.9 Å². The number of hydrogen-bond acceptors (Lipinski definition) is 5. The Morgan fingerprint density at radius 1 is 1.13 bits per heavy atom. The third kappa shape index (κ3) is 4.86. The summed E-state index contributed by atoms with van der Waals surface area (Å²) in [5.74, 6) is -0.604. The summed E-state index contributed by atoms with van der Waals surface area (Å²) >= 11 is 0. The van der Waals surface area contributed by atoms with Crippen LogP contribution in [-0.2, 0) is 16.6 Å². The molecule has 2 atom stereocenters. The molecule has 0 aliphatic carbocycles. The summed E-state index contributed by atoms with van der Waals surface area (Å²) in [5, 5.41) is 10.9. The summed E-state index contributed by atoms with van der Waals surface area (Å²) < 4.78 is 22.6. The molecule has 39 heavy (non-hydrogen) atoms. The van der Waals surface area contributed by atoms with Gasteiger partial charge in [0.15, 0.2) is 5.65 Å². The number of anilines is 1. The van der Waals surface area contributed by atoms with Gasteiger partial charge in [0, 0.05) is 37.0 Å². The van der Waals surface area contributed by atoms with Crippen molar-refractivity contribution in [2.75, 3.05) is 11.9 Å². The number of pyridine rings is 1. The number of nitrogens with zero attached hydrogens (tertiary/aromatic N) is 4. The van der Waals surface area contributed by atoms with Crippen molar-refractivity contribution in [3.05, 3.63) is 83.9 Å². The number of fused-ring (bicyclic) bond motifs is 2. The normalized spacial score (nSPS) is 16.0. The monoisotopic (exact) mass is 526 g/mol. The number of hydrogen-bond donors (Lipinski definition) is 2. The van der Waals surface area contributed by atoms with Crippen LogP contribution < -0.4 is 10.6 Å². The van der Waals surface area contributed by atoms with Gasteiger partial charge in [0.25, 0.3) is 11.8 Å². The highest BCUT2D eigenvalue weighted by molar-refractivity contribution is 6.08. The Bertz CT molecular complexity index is 1720. The molecule has 5 aromatic rings. The predicted molar refractivity (Wildman–Crippen MR) is 145 cm³/mol. The molecule has 4 heterocycles. The highest BCUT2D eigenvalue weighted by atomic mass is 19.1. The van der Waals surface area contributed by atoms with Crippen LogP contribution in [0.4, 0.5) is 10.3 Å². The Kier molecular flexibility index (Phi) is 6.32. The van der Waals surface area contributed by atoms with Crippen molar-refractivity contribution in [3.63, 3.8) is 0 Å². The van der Waals surface area contributed by atoms with Crippen molar-refractivity contribution in [2.24, 2.45) is 7.05 Å². The first-order valence-corrected chi connectivity index (χ1v) is 12.8. The van der Waals surface area contributed by atoms with Gasteiger partial charge in [-0.05, 0) is 72.9 Å². The summed E-state index contributed by atoms with van der Waals surface area (Å²) in [6, 6.07) is 15.6. The lowest BCUT2D eigenvalue weighted by Gasteiger charge is -2.14. The van der Waals surface area contributed by atoms with Crippen molar-refractivity contribution in [1.82, 2.24) is 24.5 Å². The second kappa shape index (κ2) is 9.95. The van der Waals surface area contributed by atoms with Crippen molar-refractivity contribution in [1.29, 1.82) is 0 Å². The highest BCUT2D eigenvalue weighted by Crippen LogP contribution is 2.29. The Labute approximate surface area is 223 Å². The number of ether oxygens (including phenoxy) is 1. The van der Waals surface area contributed by atoms with Crippen LogP contribution in [0.15, 0.2) is 67.0 Å². The van der Waals surface area contributed by atoms with E-state index in [1.165, 1.54) is 12.1 Å². The maximum Gasteiger partial charge on any atom is 0.255 e. The highest BCUT2D eigenvalue weighted by Gasteiger charge is 2.24. The molecule has 2 amide bonds. The number of benzene rings is 2. The van der Waals surface area contributed by atoms with Crippen LogP contribution in [0.2, 0.25) is 0 Å². The van der Waals surface area contributed by atoms with Gasteiger partial charge in [-0.1, -0.05) is 18.2 Å². The SMILES string of the molecule is C[C@H](NC(=O)c1cn(C)c2ccc(-c3ccn4nc(NC(=O)C5CCCO5)nc4c3)cc12)c1cccc(F)c1. The quantitative estimate of drug-likeness (QED) is 0.336. The fourth-order valence-corrected chi connectivity index (χ4v) is 4.98. The lowest BCUT2D eigenvalue weighted by atomic mass is 10.0. The molecule has 198 valence electrons. The maximum atomic E-state index is 13.7. The average Bonchev–Trinajstić information content (AvgIpc) is 3.67. The summed E-state index contributed by atoms with van der Waals surface area (Å²) in [6.45, 7) is 2.41. The predicted octanol–water partition coefficient (Wildman–Crippen LogP) is 4.64. The van der Waals surface area contributed by atoms with Gasteiger partial charge in [0.05, 0.1) is 11.6 Å². The zero-order valence-corrected chi connectivity index (χ0v) is 21.5. The van der Waals surface area contributed by atoms with Crippen LogP contribution in [0, 0.1) is 5.82 Å². The van der Waals surface area contributed by atoms with Crippen molar-refractivity contribution in [3.8, 4) is 11.1 Å². The number of carbonyl (C=O) groups excluding carboxylic acids is 2. The maximum absolute atomic E-state index is 13.7. The van der Waals surface area contributed by atoms with E-state index in [1.807, 2.05) is 48.9 Å². The number of aryl methyl sites for hydroxylation is 1. The number of carbonyl (C=O) groups is 2. The molecule has 9 nitrogen and oxygen atoms in total. The van der Waals surface area contributed by atoms with Crippen LogP contribution in [0.3, 0.4) is 0 Å². The molecule has 10 heteroatoms. The molecule has 6 rings (SSSR count). The topological polar surface area (TPSA) is 103 Å². The van der Waals surface area contributed by atoms with Gasteiger partial charge in [-0.2, -0.15) is 4.98 Å². The summed E-state index contributed by atoms with van der Waals surface area (Å²) in [6.07, 6.45) is 4.67. The van der Waals surface area contributed by atoms with Gasteiger partial charge < -0.3 is 14.6 Å². The standard InChI is InChI=1S/C29H27FN6O3/c1-17(18-5-3-6-21(30)13-18)31-27(37)23-16-35(2)24-9-8-19(14-22(23)24)20-10-11-36-26(15-20)32-29(34-36)33-28(38)25-7-4-12-39-25/h3,5-6,8-11,13-17,25H,4,7,12H2,1-2H3,(H,31,37)(H,33,34,38)/t17-,25?/m0/s1. The molecular weight excluding hydrogens is 499 g/mol. The summed E-state index contributed by atoms with van der Waals surface area (Å²) in [4.78, 5) is 30.1. The molecule has 2 N–H and O–H groups in total. The van der Waals surface area contributed by atoms with Crippen LogP contribution in [0.1, 0.15) is 41.7 Å². The van der Waals surface area contributed by atoms with Crippen molar-refractivity contribution in [2.45, 2.75) is 31.9 Å². The minimum absolute atomic E-state index is 0.220. The smallest absolute Gasteiger partial charge is 0.255 e. The van der Waals surface area contributed by atoms with Crippen LogP contribution >= 0.6 is 0 Å². The summed E-state index contributed by atoms with van der Waals surface area (Å²) in [7, 11) is 1.89. The molecule has 1 saturated heterocycles. The molecule has 2 aromatic carbocycles. The van der Waals surface area contributed by atoms with E-state index < -0.39 is 6.10 Å². The summed E-state index contributed by atoms with van der Waals surface area (Å²) in [5.41, 5.74) is 4.49. The van der Waals surface area contributed by atoms with E-state index in [9.17, 15) is 14.0 Å². The zero-order valence-electron chi connectivity index (χ0n) is 21.5. The number of nitrogens with one attached hydrogen (secondary N) is 2. The Morgan fingerprint density at radius 3 is 2.77 bits per heavy atom. The fourth-order valence-electron chi connectivity index (χ4n) is 4.98. The van der Waals surface area contributed by atoms with E-state index in [2.05, 4.69) is 20.7 Å². The lowest BCUT2D eigenvalue weighted by molar-refractivity contribution is -0.124. The van der Waals surface area contributed by atoms with Crippen molar-refractivity contribution < 1.29 is 18.7 Å². The molecular formula is C29H27FN6O3. The Morgan fingerprint density at radius 2 is 1.97 bits per heavy atom. The Balaban J connectivity index is 1.27. The molecule has 1 fully saturated rings. The van der Waals surface area contributed by atoms with E-state index in [4.69, 9.17) is 4.74 Å². The van der Waals surface area contributed by atoms with E-state index in [-0.39, 0.29) is 29.6 Å². The first-order valence-electron chi connectivity index (χ1n) is 12.8. The molecule has 0 spiro atoms. The number of amides is 2. The molecule has 0 bridgehead atoms. The average molecular weight is 527 g/mol. The van der Waals surface area contributed by atoms with Crippen LogP contribution in [0.5, 0.6) is 0 Å². The fraction of sp³-hybridized carbons (Fsp3) is 0.241. The molecule has 0 radical (unpaired) electrons. The van der Waals surface area contributed by atoms with Crippen molar-refractivity contribution >= 4 is 34.3 Å². The second-order valence-electron chi connectivity index (χ2n) is 9.78. The molecule has 1 aliphatic heterocycles. The number of halogens is 1. The van der Waals surface area contributed by atoms with Gasteiger partial charge in [-0.25, -0.2) is 8.91 Å². The van der Waals surface area contributed by atoms with E-state index in [0.717, 1.165) is 28.5 Å². The van der Waals surface area contributed by atoms with Crippen LogP contribution in [0.25, 0.3) is 27.7 Å². The minimum Gasteiger partial charge on any atom is -0.368 e. The minimum atomic E-state index is -0.465. The van der Waals surface area contributed by atoms with Crippen LogP contribution in [-0.4, -0.2) is 43.7 Å². The molecule has 1 unspecified atom stereocenters. The number of rotatable bonds is 6. The molecule has 0 saturated carbocycles. The molecule has 1 aliphatic rings. The third-order valence-corrected chi connectivity index (χ3v) is 7.06. The van der Waals surface area contributed by atoms with Gasteiger partial charge in [-0.15, -0.1) is 5.10 Å². The third-order valence-electron chi connectivity index (χ3n) is 7.06. The van der Waals surface area contributed by atoms with E-state index in [1.54, 1.807) is 29.0 Å². The lowest BCUT2D eigenvalue weighted by Crippen LogP contribution is -2.27. The van der Waals surface area contributed by atoms with Gasteiger partial charge >= 0.3 is 0 Å². The second-order valence-corrected chi connectivity index (χ2v) is 9.78. The van der Waals surface area contributed by atoms with E-state index >= 15 is 0 Å². The largest absolute Gasteiger partial charge is 0.368 e. The zero-order chi connectivity index (χ0) is 27.1. The number of aromatic nitrogens is 4.